The molecule has 2 aromatic heterocycles. The van der Waals surface area contributed by atoms with Crippen LogP contribution in [0, 0.1) is 6.92 Å². The van der Waals surface area contributed by atoms with E-state index in [0.29, 0.717) is 0 Å². The molecule has 0 aliphatic carbocycles. The van der Waals surface area contributed by atoms with Gasteiger partial charge >= 0.3 is 5.97 Å². The zero-order chi connectivity index (χ0) is 13.0. The number of aliphatic carboxylic acids is 1. The summed E-state index contributed by atoms with van der Waals surface area (Å²) in [6.07, 6.45) is 4.41. The van der Waals surface area contributed by atoms with E-state index < -0.39 is 5.97 Å². The number of hydrogen-bond donors (Lipinski definition) is 1. The van der Waals surface area contributed by atoms with Crippen LogP contribution in [0.25, 0.3) is 0 Å². The molecule has 0 aliphatic rings. The van der Waals surface area contributed by atoms with Crippen LogP contribution in [-0.2, 0) is 17.8 Å². The SMILES string of the molecule is Cc1cnc(SCC(=O)O)n1CCc1nccs1. The van der Waals surface area contributed by atoms with Crippen molar-refractivity contribution in [3.8, 4) is 0 Å². The molecule has 0 radical (unpaired) electrons. The van der Waals surface area contributed by atoms with Gasteiger partial charge in [-0.05, 0) is 6.92 Å². The average Bonchev–Trinajstić information content (AvgIpc) is 2.94. The molecule has 96 valence electrons. The second kappa shape index (κ2) is 6.01. The number of thioether (sulfide) groups is 1. The Balaban J connectivity index is 2.02. The number of thiazole rings is 1. The highest BCUT2D eigenvalue weighted by Crippen LogP contribution is 2.19. The molecule has 2 rings (SSSR count). The summed E-state index contributed by atoms with van der Waals surface area (Å²) in [5.74, 6) is -0.791. The Morgan fingerprint density at radius 1 is 1.56 bits per heavy atom. The number of carboxylic acid groups (broad SMARTS) is 1. The lowest BCUT2D eigenvalue weighted by atomic mass is 10.4. The van der Waals surface area contributed by atoms with E-state index in [9.17, 15) is 4.79 Å². The molecule has 1 N–H and O–H groups in total. The summed E-state index contributed by atoms with van der Waals surface area (Å²) >= 11 is 2.88. The fourth-order valence-electron chi connectivity index (χ4n) is 1.54. The van der Waals surface area contributed by atoms with E-state index in [1.54, 1.807) is 23.7 Å². The van der Waals surface area contributed by atoms with Crippen LogP contribution in [0.1, 0.15) is 10.7 Å². The van der Waals surface area contributed by atoms with Gasteiger partial charge in [0, 0.05) is 36.4 Å². The van der Waals surface area contributed by atoms with Crippen LogP contribution >= 0.6 is 23.1 Å². The Bertz CT molecular complexity index is 522. The maximum atomic E-state index is 10.6. The van der Waals surface area contributed by atoms with E-state index >= 15 is 0 Å². The van der Waals surface area contributed by atoms with Gasteiger partial charge in [0.15, 0.2) is 5.16 Å². The fourth-order valence-corrected chi connectivity index (χ4v) is 2.92. The highest BCUT2D eigenvalue weighted by molar-refractivity contribution is 7.99. The number of carbonyl (C=O) groups is 1. The van der Waals surface area contributed by atoms with Gasteiger partial charge in [0.25, 0.3) is 0 Å². The van der Waals surface area contributed by atoms with Crippen molar-refractivity contribution in [3.63, 3.8) is 0 Å². The quantitative estimate of drug-likeness (QED) is 0.822. The largest absolute Gasteiger partial charge is 0.481 e. The molecule has 2 aromatic rings. The Kier molecular flexibility index (Phi) is 4.38. The average molecular weight is 283 g/mol. The van der Waals surface area contributed by atoms with Crippen LogP contribution in [0.5, 0.6) is 0 Å². The van der Waals surface area contributed by atoms with Gasteiger partial charge in [0.1, 0.15) is 0 Å². The smallest absolute Gasteiger partial charge is 0.313 e. The first-order chi connectivity index (χ1) is 8.66. The van der Waals surface area contributed by atoms with Crippen molar-refractivity contribution in [2.75, 3.05) is 5.75 Å². The van der Waals surface area contributed by atoms with E-state index in [-0.39, 0.29) is 5.75 Å². The minimum Gasteiger partial charge on any atom is -0.481 e. The van der Waals surface area contributed by atoms with Gasteiger partial charge in [-0.1, -0.05) is 11.8 Å². The van der Waals surface area contributed by atoms with Gasteiger partial charge in [0.2, 0.25) is 0 Å². The van der Waals surface area contributed by atoms with Crippen LogP contribution in [0.2, 0.25) is 0 Å². The number of rotatable bonds is 6. The van der Waals surface area contributed by atoms with Crippen LogP contribution in [-0.4, -0.2) is 31.4 Å². The van der Waals surface area contributed by atoms with Crippen LogP contribution in [0.15, 0.2) is 22.9 Å². The standard InChI is InChI=1S/C11H13N3O2S2/c1-8-6-13-11(18-7-10(15)16)14(8)4-2-9-12-3-5-17-9/h3,5-6H,2,4,7H2,1H3,(H,15,16). The molecule has 0 aliphatic heterocycles. The van der Waals surface area contributed by atoms with Gasteiger partial charge in [-0.3, -0.25) is 4.79 Å². The van der Waals surface area contributed by atoms with Crippen molar-refractivity contribution in [2.24, 2.45) is 0 Å². The number of aromatic nitrogens is 3. The zero-order valence-electron chi connectivity index (χ0n) is 9.87. The molecule has 5 nitrogen and oxygen atoms in total. The van der Waals surface area contributed by atoms with Crippen molar-refractivity contribution in [3.05, 3.63) is 28.5 Å². The topological polar surface area (TPSA) is 68.0 Å². The number of carboxylic acids is 1. The first kappa shape index (κ1) is 13.1. The van der Waals surface area contributed by atoms with Crippen molar-refractivity contribution in [2.45, 2.75) is 25.0 Å². The molecule has 0 aromatic carbocycles. The third-order valence-corrected chi connectivity index (χ3v) is 4.19. The van der Waals surface area contributed by atoms with Crippen molar-refractivity contribution < 1.29 is 9.90 Å². The van der Waals surface area contributed by atoms with E-state index in [0.717, 1.165) is 28.8 Å². The summed E-state index contributed by atoms with van der Waals surface area (Å²) in [7, 11) is 0. The van der Waals surface area contributed by atoms with Crippen LogP contribution < -0.4 is 0 Å². The molecule has 0 atom stereocenters. The molecular weight excluding hydrogens is 270 g/mol. The Morgan fingerprint density at radius 3 is 3.06 bits per heavy atom. The molecule has 0 unspecified atom stereocenters. The first-order valence-corrected chi connectivity index (χ1v) is 7.28. The molecule has 0 saturated carbocycles. The zero-order valence-corrected chi connectivity index (χ0v) is 11.5. The fraction of sp³-hybridized carbons (Fsp3) is 0.364. The molecule has 0 spiro atoms. The number of aryl methyl sites for hydroxylation is 2. The van der Waals surface area contributed by atoms with Gasteiger partial charge < -0.3 is 9.67 Å². The lowest BCUT2D eigenvalue weighted by molar-refractivity contribution is -0.133. The minimum atomic E-state index is -0.827. The van der Waals surface area contributed by atoms with Gasteiger partial charge in [-0.2, -0.15) is 0 Å². The molecule has 7 heteroatoms. The van der Waals surface area contributed by atoms with E-state index in [4.69, 9.17) is 5.11 Å². The van der Waals surface area contributed by atoms with Crippen LogP contribution in [0.3, 0.4) is 0 Å². The van der Waals surface area contributed by atoms with Crippen LogP contribution in [0.4, 0.5) is 0 Å². The summed E-state index contributed by atoms with van der Waals surface area (Å²) in [4.78, 5) is 19.0. The third-order valence-electron chi connectivity index (χ3n) is 2.38. The molecular formula is C11H13N3O2S2. The molecule has 0 bridgehead atoms. The summed E-state index contributed by atoms with van der Waals surface area (Å²) < 4.78 is 2.04. The number of nitrogens with zero attached hydrogens (tertiary/aromatic N) is 3. The van der Waals surface area contributed by atoms with Gasteiger partial charge in [-0.15, -0.1) is 11.3 Å². The first-order valence-electron chi connectivity index (χ1n) is 5.42. The summed E-state index contributed by atoms with van der Waals surface area (Å²) in [5.41, 5.74) is 1.04. The number of hydrogen-bond acceptors (Lipinski definition) is 5. The van der Waals surface area contributed by atoms with Crippen molar-refractivity contribution in [1.29, 1.82) is 0 Å². The van der Waals surface area contributed by atoms with E-state index in [1.165, 1.54) is 11.8 Å². The summed E-state index contributed by atoms with van der Waals surface area (Å²) in [5, 5.41) is 12.5. The number of imidazole rings is 1. The van der Waals surface area contributed by atoms with Gasteiger partial charge in [0.05, 0.1) is 10.8 Å². The second-order valence-corrected chi connectivity index (χ2v) is 5.61. The lowest BCUT2D eigenvalue weighted by Crippen LogP contribution is -2.06. The minimum absolute atomic E-state index is 0.0354. The molecule has 0 fully saturated rings. The third kappa shape index (κ3) is 3.33. The summed E-state index contributed by atoms with van der Waals surface area (Å²) in [6, 6.07) is 0. The second-order valence-electron chi connectivity index (χ2n) is 3.69. The van der Waals surface area contributed by atoms with E-state index in [2.05, 4.69) is 9.97 Å². The highest BCUT2D eigenvalue weighted by Gasteiger charge is 2.10. The lowest BCUT2D eigenvalue weighted by Gasteiger charge is -2.07. The molecule has 18 heavy (non-hydrogen) atoms. The Labute approximate surface area is 113 Å². The summed E-state index contributed by atoms with van der Waals surface area (Å²) in [6.45, 7) is 2.75. The Hall–Kier alpha value is -1.34. The maximum absolute atomic E-state index is 10.6. The predicted octanol–water partition coefficient (Wildman–Crippen LogP) is 2.07. The highest BCUT2D eigenvalue weighted by atomic mass is 32.2. The van der Waals surface area contributed by atoms with Crippen molar-refractivity contribution in [1.82, 2.24) is 14.5 Å². The Morgan fingerprint density at radius 2 is 2.39 bits per heavy atom. The monoisotopic (exact) mass is 283 g/mol. The molecule has 2 heterocycles. The molecule has 0 saturated heterocycles. The van der Waals surface area contributed by atoms with Gasteiger partial charge in [-0.25, -0.2) is 9.97 Å². The normalized spacial score (nSPS) is 10.7. The maximum Gasteiger partial charge on any atom is 0.313 e. The van der Waals surface area contributed by atoms with Crippen molar-refractivity contribution >= 4 is 29.1 Å². The predicted molar refractivity (Wildman–Crippen MR) is 71.1 cm³/mol. The molecule has 0 amide bonds. The van der Waals surface area contributed by atoms with E-state index in [1.807, 2.05) is 16.9 Å².